The molecular formula is C28H31BrCl2N4O4S. The lowest BCUT2D eigenvalue weighted by Gasteiger charge is -2.29. The molecule has 0 aliphatic carbocycles. The van der Waals surface area contributed by atoms with E-state index in [4.69, 9.17) is 42.5 Å². The number of carbonyl (C=O) groups is 1. The summed E-state index contributed by atoms with van der Waals surface area (Å²) in [5.41, 5.74) is 2.65. The highest BCUT2D eigenvalue weighted by molar-refractivity contribution is 9.10. The van der Waals surface area contributed by atoms with Gasteiger partial charge in [0.15, 0.2) is 11.5 Å². The fraction of sp³-hybridized carbons (Fsp3) is 0.393. The molecule has 1 aliphatic rings. The van der Waals surface area contributed by atoms with Crippen LogP contribution < -0.4 is 14.8 Å². The molecule has 1 aliphatic heterocycles. The van der Waals surface area contributed by atoms with Gasteiger partial charge in [-0.1, -0.05) is 54.9 Å². The number of esters is 1. The maximum Gasteiger partial charge on any atom is 0.338 e. The van der Waals surface area contributed by atoms with Gasteiger partial charge in [-0.25, -0.2) is 9.48 Å². The van der Waals surface area contributed by atoms with Gasteiger partial charge in [0, 0.05) is 27.1 Å². The van der Waals surface area contributed by atoms with Crippen molar-refractivity contribution < 1.29 is 19.0 Å². The molecular weight excluding hydrogens is 639 g/mol. The molecule has 2 aromatic carbocycles. The van der Waals surface area contributed by atoms with Crippen molar-refractivity contribution in [1.82, 2.24) is 14.8 Å². The highest BCUT2D eigenvalue weighted by Crippen LogP contribution is 2.44. The van der Waals surface area contributed by atoms with E-state index in [1.807, 2.05) is 39.0 Å². The summed E-state index contributed by atoms with van der Waals surface area (Å²) >= 11 is 17.6. The van der Waals surface area contributed by atoms with Crippen molar-refractivity contribution in [3.8, 4) is 11.5 Å². The Balaban J connectivity index is 1.77. The van der Waals surface area contributed by atoms with E-state index >= 15 is 0 Å². The van der Waals surface area contributed by atoms with Crippen LogP contribution in [0.3, 0.4) is 0 Å². The van der Waals surface area contributed by atoms with Crippen molar-refractivity contribution in [2.24, 2.45) is 0 Å². The van der Waals surface area contributed by atoms with Crippen LogP contribution in [0.25, 0.3) is 0 Å². The normalized spacial score (nSPS) is 14.5. The SMILES string of the molecule is CCCOC(=O)C1=C(C)Nc2nc(SCCC)nn2C1c1cc(Br)c(OCc2ccc(Cl)cc2Cl)c(OCC)c1. The molecule has 0 spiro atoms. The molecule has 2 heterocycles. The van der Waals surface area contributed by atoms with Gasteiger partial charge in [0.1, 0.15) is 12.6 Å². The van der Waals surface area contributed by atoms with E-state index in [1.54, 1.807) is 28.6 Å². The van der Waals surface area contributed by atoms with E-state index in [9.17, 15) is 4.79 Å². The minimum atomic E-state index is -0.598. The summed E-state index contributed by atoms with van der Waals surface area (Å²) in [5.74, 6) is 2.05. The summed E-state index contributed by atoms with van der Waals surface area (Å²) < 4.78 is 20.2. The number of allylic oxidation sites excluding steroid dienone is 1. The van der Waals surface area contributed by atoms with Crippen LogP contribution in [0.4, 0.5) is 5.95 Å². The Hall–Kier alpha value is -2.40. The zero-order valence-electron chi connectivity index (χ0n) is 22.7. The molecule has 0 saturated heterocycles. The van der Waals surface area contributed by atoms with E-state index in [-0.39, 0.29) is 6.61 Å². The molecule has 40 heavy (non-hydrogen) atoms. The molecule has 1 unspecified atom stereocenters. The molecule has 8 nitrogen and oxygen atoms in total. The molecule has 1 atom stereocenters. The van der Waals surface area contributed by atoms with Crippen molar-refractivity contribution in [1.29, 1.82) is 0 Å². The second-order valence-electron chi connectivity index (χ2n) is 9.00. The van der Waals surface area contributed by atoms with E-state index < -0.39 is 12.0 Å². The predicted octanol–water partition coefficient (Wildman–Crippen LogP) is 8.07. The van der Waals surface area contributed by atoms with Crippen LogP contribution in [0, 0.1) is 0 Å². The van der Waals surface area contributed by atoms with Crippen molar-refractivity contribution in [2.45, 2.75) is 58.3 Å². The zero-order valence-corrected chi connectivity index (χ0v) is 26.6. The number of ether oxygens (including phenoxy) is 3. The highest BCUT2D eigenvalue weighted by Gasteiger charge is 2.36. The molecule has 12 heteroatoms. The topological polar surface area (TPSA) is 87.5 Å². The Morgan fingerprint density at radius 3 is 2.65 bits per heavy atom. The number of rotatable bonds is 12. The Kier molecular flexibility index (Phi) is 10.7. The highest BCUT2D eigenvalue weighted by atomic mass is 79.9. The first-order valence-electron chi connectivity index (χ1n) is 13.0. The number of nitrogens with zero attached hydrogens (tertiary/aromatic N) is 3. The summed E-state index contributed by atoms with van der Waals surface area (Å²) in [6.45, 7) is 8.74. The molecule has 0 saturated carbocycles. The van der Waals surface area contributed by atoms with Crippen LogP contribution in [0.2, 0.25) is 10.0 Å². The molecule has 0 radical (unpaired) electrons. The first-order valence-corrected chi connectivity index (χ1v) is 15.6. The quantitative estimate of drug-likeness (QED) is 0.153. The minimum Gasteiger partial charge on any atom is -0.490 e. The molecule has 0 bridgehead atoms. The van der Waals surface area contributed by atoms with Gasteiger partial charge >= 0.3 is 5.97 Å². The Morgan fingerprint density at radius 1 is 1.15 bits per heavy atom. The maximum atomic E-state index is 13.3. The summed E-state index contributed by atoms with van der Waals surface area (Å²) in [6, 6.07) is 8.44. The summed E-state index contributed by atoms with van der Waals surface area (Å²) in [6.07, 6.45) is 1.71. The average Bonchev–Trinajstić information content (AvgIpc) is 3.32. The number of aromatic nitrogens is 3. The minimum absolute atomic E-state index is 0.209. The van der Waals surface area contributed by atoms with Crippen LogP contribution in [0.5, 0.6) is 11.5 Å². The molecule has 3 aromatic rings. The Bertz CT molecular complexity index is 1420. The van der Waals surface area contributed by atoms with Gasteiger partial charge < -0.3 is 19.5 Å². The zero-order chi connectivity index (χ0) is 28.8. The summed E-state index contributed by atoms with van der Waals surface area (Å²) in [7, 11) is 0. The number of fused-ring (bicyclic) bond motifs is 1. The Morgan fingerprint density at radius 2 is 1.95 bits per heavy atom. The maximum absolute atomic E-state index is 13.3. The summed E-state index contributed by atoms with van der Waals surface area (Å²) in [5, 5.41) is 9.71. The number of benzene rings is 2. The van der Waals surface area contributed by atoms with E-state index in [1.165, 1.54) is 0 Å². The summed E-state index contributed by atoms with van der Waals surface area (Å²) in [4.78, 5) is 18.0. The van der Waals surface area contributed by atoms with Gasteiger partial charge in [-0.05, 0) is 72.4 Å². The van der Waals surface area contributed by atoms with E-state index in [2.05, 4.69) is 33.2 Å². The molecule has 1 aromatic heterocycles. The molecule has 0 fully saturated rings. The number of nitrogens with one attached hydrogen (secondary N) is 1. The monoisotopic (exact) mass is 668 g/mol. The third-order valence-corrected chi connectivity index (χ3v) is 8.18. The fourth-order valence-electron chi connectivity index (χ4n) is 4.17. The van der Waals surface area contributed by atoms with Crippen LogP contribution >= 0.6 is 50.9 Å². The second-order valence-corrected chi connectivity index (χ2v) is 11.8. The van der Waals surface area contributed by atoms with Crippen LogP contribution in [-0.4, -0.2) is 39.7 Å². The van der Waals surface area contributed by atoms with Gasteiger partial charge in [-0.15, -0.1) is 5.10 Å². The van der Waals surface area contributed by atoms with E-state index in [0.717, 1.165) is 23.3 Å². The lowest BCUT2D eigenvalue weighted by atomic mass is 9.95. The van der Waals surface area contributed by atoms with Gasteiger partial charge in [0.05, 0.1) is 23.3 Å². The number of hydrogen-bond acceptors (Lipinski definition) is 8. The standard InChI is InChI=1S/C28H31BrCl2N4O4S/c1-5-10-38-26(36)23-16(4)32-27-33-28(40-11-6-2)34-35(27)24(23)18-12-20(29)25(22(13-18)37-7-3)39-15-17-8-9-19(30)14-21(17)31/h8-9,12-14,24H,5-7,10-11,15H2,1-4H3,(H,32,33,34). The van der Waals surface area contributed by atoms with Gasteiger partial charge in [0.25, 0.3) is 0 Å². The van der Waals surface area contributed by atoms with E-state index in [0.29, 0.717) is 68.0 Å². The third-order valence-electron chi connectivity index (χ3n) is 5.96. The smallest absolute Gasteiger partial charge is 0.338 e. The van der Waals surface area contributed by atoms with Crippen LogP contribution in [0.1, 0.15) is 57.7 Å². The molecule has 4 rings (SSSR count). The fourth-order valence-corrected chi connectivity index (χ4v) is 5.89. The molecule has 214 valence electrons. The number of halogens is 3. The number of thioether (sulfide) groups is 1. The van der Waals surface area contributed by atoms with Crippen molar-refractivity contribution in [3.05, 3.63) is 67.2 Å². The van der Waals surface area contributed by atoms with Gasteiger partial charge in [-0.3, -0.25) is 0 Å². The molecule has 1 N–H and O–H groups in total. The predicted molar refractivity (Wildman–Crippen MR) is 163 cm³/mol. The lowest BCUT2D eigenvalue weighted by Crippen LogP contribution is -2.30. The third kappa shape index (κ3) is 6.90. The van der Waals surface area contributed by atoms with Crippen LogP contribution in [0.15, 0.2) is 51.2 Å². The van der Waals surface area contributed by atoms with Crippen molar-refractivity contribution in [2.75, 3.05) is 24.3 Å². The second kappa shape index (κ2) is 14.0. The number of carbonyl (C=O) groups excluding carboxylic acids is 1. The number of anilines is 1. The first kappa shape index (κ1) is 30.6. The van der Waals surface area contributed by atoms with Gasteiger partial charge in [0.2, 0.25) is 11.1 Å². The van der Waals surface area contributed by atoms with Crippen molar-refractivity contribution in [3.63, 3.8) is 0 Å². The Labute approximate surface area is 256 Å². The largest absolute Gasteiger partial charge is 0.490 e. The number of hydrogen-bond donors (Lipinski definition) is 1. The lowest BCUT2D eigenvalue weighted by molar-refractivity contribution is -0.139. The van der Waals surface area contributed by atoms with Crippen molar-refractivity contribution >= 4 is 62.8 Å². The first-order chi connectivity index (χ1) is 19.3. The average molecular weight is 670 g/mol. The van der Waals surface area contributed by atoms with Gasteiger partial charge in [-0.2, -0.15) is 4.98 Å². The molecule has 0 amide bonds. The van der Waals surface area contributed by atoms with Crippen LogP contribution in [-0.2, 0) is 16.1 Å².